The number of carbonyl (C=O) groups is 5. The van der Waals surface area contributed by atoms with Crippen molar-refractivity contribution in [1.82, 2.24) is 0 Å². The standard InChI is InChI=1S/C19H26O11/c1-9(20)7-10(2)26-19-18(29-14(6)24)17(28-13(5)23)16(27-12(4)22)15(30-19)8-25-11(3)21/h7,15-19H,8H2,1-6H3/b10-7+/t15-,16-,17+,18+,19+/m1/s1. The molecule has 0 amide bonds. The predicted octanol–water partition coefficient (Wildman–Crippen LogP) is 0.579. The summed E-state index contributed by atoms with van der Waals surface area (Å²) in [6.07, 6.45) is -5.26. The molecule has 0 unspecified atom stereocenters. The molecule has 1 heterocycles. The Hall–Kier alpha value is -2.95. The second kappa shape index (κ2) is 11.3. The van der Waals surface area contributed by atoms with Crippen LogP contribution in [0.3, 0.4) is 0 Å². The maximum atomic E-state index is 11.7. The van der Waals surface area contributed by atoms with E-state index in [4.69, 9.17) is 28.4 Å². The molecule has 0 spiro atoms. The van der Waals surface area contributed by atoms with E-state index in [2.05, 4.69) is 0 Å². The molecule has 168 valence electrons. The van der Waals surface area contributed by atoms with E-state index in [0.29, 0.717) is 0 Å². The second-order valence-corrected chi connectivity index (χ2v) is 6.55. The van der Waals surface area contributed by atoms with Crippen LogP contribution in [0, 0.1) is 0 Å². The van der Waals surface area contributed by atoms with E-state index in [9.17, 15) is 24.0 Å². The van der Waals surface area contributed by atoms with Gasteiger partial charge in [0.2, 0.25) is 12.4 Å². The minimum Gasteiger partial charge on any atom is -0.465 e. The summed E-state index contributed by atoms with van der Waals surface area (Å²) in [4.78, 5) is 57.5. The Morgan fingerprint density at radius 3 is 1.67 bits per heavy atom. The molecule has 0 radical (unpaired) electrons. The number of rotatable bonds is 8. The fraction of sp³-hybridized carbons (Fsp3) is 0.632. The lowest BCUT2D eigenvalue weighted by atomic mass is 9.98. The SMILES string of the molecule is CC(=O)/C=C(\C)O[C@H]1O[C@H](COC(C)=O)[C@@H](OC(C)=O)[C@H](OC(C)=O)[C@@H]1OC(C)=O. The first-order chi connectivity index (χ1) is 13.9. The van der Waals surface area contributed by atoms with Crippen molar-refractivity contribution in [1.29, 1.82) is 0 Å². The van der Waals surface area contributed by atoms with Crippen molar-refractivity contribution in [3.63, 3.8) is 0 Å². The van der Waals surface area contributed by atoms with E-state index in [0.717, 1.165) is 20.8 Å². The minimum atomic E-state index is -1.36. The summed E-state index contributed by atoms with van der Waals surface area (Å²) in [5.74, 6) is -3.04. The van der Waals surface area contributed by atoms with E-state index in [1.807, 2.05) is 0 Å². The zero-order chi connectivity index (χ0) is 23.0. The minimum absolute atomic E-state index is 0.128. The van der Waals surface area contributed by atoms with Gasteiger partial charge in [-0.3, -0.25) is 24.0 Å². The third-order valence-electron chi connectivity index (χ3n) is 3.66. The van der Waals surface area contributed by atoms with E-state index < -0.39 is 54.6 Å². The van der Waals surface area contributed by atoms with E-state index in [1.165, 1.54) is 26.8 Å². The van der Waals surface area contributed by atoms with Crippen molar-refractivity contribution in [2.75, 3.05) is 6.61 Å². The van der Waals surface area contributed by atoms with Crippen molar-refractivity contribution in [2.45, 2.75) is 72.2 Å². The van der Waals surface area contributed by atoms with Crippen LogP contribution in [0.15, 0.2) is 11.8 Å². The maximum absolute atomic E-state index is 11.7. The third-order valence-corrected chi connectivity index (χ3v) is 3.66. The molecule has 0 aromatic heterocycles. The van der Waals surface area contributed by atoms with Crippen LogP contribution in [0.25, 0.3) is 0 Å². The molecule has 5 atom stereocenters. The van der Waals surface area contributed by atoms with Gasteiger partial charge in [-0.15, -0.1) is 0 Å². The summed E-state index contributed by atoms with van der Waals surface area (Å²) in [6, 6.07) is 0. The highest BCUT2D eigenvalue weighted by atomic mass is 16.7. The number of carbonyl (C=O) groups excluding carboxylic acids is 5. The Bertz CT molecular complexity index is 711. The molecule has 0 N–H and O–H groups in total. The molecule has 1 fully saturated rings. The van der Waals surface area contributed by atoms with Gasteiger partial charge in [0, 0.05) is 33.8 Å². The highest BCUT2D eigenvalue weighted by molar-refractivity contribution is 5.87. The summed E-state index contributed by atoms with van der Waals surface area (Å²) in [7, 11) is 0. The van der Waals surface area contributed by atoms with Crippen LogP contribution < -0.4 is 0 Å². The summed E-state index contributed by atoms with van der Waals surface area (Å²) in [5, 5.41) is 0. The molecule has 0 aromatic rings. The van der Waals surface area contributed by atoms with Gasteiger partial charge in [-0.25, -0.2) is 0 Å². The molecule has 1 aliphatic rings. The largest absolute Gasteiger partial charge is 0.465 e. The number of ether oxygens (including phenoxy) is 6. The summed E-state index contributed by atoms with van der Waals surface area (Å²) < 4.78 is 32.0. The fourth-order valence-corrected chi connectivity index (χ4v) is 2.79. The van der Waals surface area contributed by atoms with E-state index in [-0.39, 0.29) is 18.1 Å². The number of hydrogen-bond donors (Lipinski definition) is 0. The van der Waals surface area contributed by atoms with Gasteiger partial charge in [0.05, 0.1) is 0 Å². The zero-order valence-electron chi connectivity index (χ0n) is 17.7. The average molecular weight is 430 g/mol. The van der Waals surface area contributed by atoms with Crippen LogP contribution in [-0.2, 0) is 52.4 Å². The van der Waals surface area contributed by atoms with E-state index >= 15 is 0 Å². The molecule has 0 saturated carbocycles. The lowest BCUT2D eigenvalue weighted by Gasteiger charge is -2.44. The molecule has 0 bridgehead atoms. The summed E-state index contributed by atoms with van der Waals surface area (Å²) in [6.45, 7) is 6.93. The topological polar surface area (TPSA) is 141 Å². The smallest absolute Gasteiger partial charge is 0.303 e. The van der Waals surface area contributed by atoms with Gasteiger partial charge in [-0.2, -0.15) is 0 Å². The zero-order valence-corrected chi connectivity index (χ0v) is 17.7. The normalized spacial score (nSPS) is 26.2. The molecular weight excluding hydrogens is 404 g/mol. The van der Waals surface area contributed by atoms with Crippen molar-refractivity contribution in [3.05, 3.63) is 11.8 Å². The van der Waals surface area contributed by atoms with Gasteiger partial charge >= 0.3 is 23.9 Å². The predicted molar refractivity (Wildman–Crippen MR) is 97.5 cm³/mol. The van der Waals surface area contributed by atoms with Gasteiger partial charge < -0.3 is 28.4 Å². The van der Waals surface area contributed by atoms with Crippen molar-refractivity contribution in [3.8, 4) is 0 Å². The molecule has 1 saturated heterocycles. The Labute approximate surface area is 173 Å². The van der Waals surface area contributed by atoms with Gasteiger partial charge in [-0.05, 0) is 13.8 Å². The van der Waals surface area contributed by atoms with Crippen LogP contribution in [0.4, 0.5) is 0 Å². The van der Waals surface area contributed by atoms with E-state index in [1.54, 1.807) is 0 Å². The second-order valence-electron chi connectivity index (χ2n) is 6.55. The number of hydrogen-bond acceptors (Lipinski definition) is 11. The lowest BCUT2D eigenvalue weighted by Crippen LogP contribution is -2.62. The van der Waals surface area contributed by atoms with Crippen molar-refractivity contribution < 1.29 is 52.4 Å². The highest BCUT2D eigenvalue weighted by Crippen LogP contribution is 2.30. The third kappa shape index (κ3) is 8.19. The molecule has 1 aliphatic heterocycles. The molecule has 11 heteroatoms. The van der Waals surface area contributed by atoms with Crippen LogP contribution in [0.5, 0.6) is 0 Å². The summed E-state index contributed by atoms with van der Waals surface area (Å²) in [5.41, 5.74) is 0. The van der Waals surface area contributed by atoms with Crippen LogP contribution in [0.1, 0.15) is 41.5 Å². The first-order valence-corrected chi connectivity index (χ1v) is 9.06. The molecular formula is C19H26O11. The summed E-state index contributed by atoms with van der Waals surface area (Å²) >= 11 is 0. The van der Waals surface area contributed by atoms with Crippen molar-refractivity contribution >= 4 is 29.7 Å². The highest BCUT2D eigenvalue weighted by Gasteiger charge is 2.53. The number of esters is 4. The first kappa shape index (κ1) is 25.1. The Kier molecular flexibility index (Phi) is 9.44. The number of allylic oxidation sites excluding steroid dienone is 2. The van der Waals surface area contributed by atoms with Gasteiger partial charge in [0.15, 0.2) is 18.0 Å². The number of ketones is 1. The first-order valence-electron chi connectivity index (χ1n) is 9.06. The fourth-order valence-electron chi connectivity index (χ4n) is 2.79. The van der Waals surface area contributed by atoms with Gasteiger partial charge in [-0.1, -0.05) is 0 Å². The van der Waals surface area contributed by atoms with Crippen molar-refractivity contribution in [2.24, 2.45) is 0 Å². The average Bonchev–Trinajstić information content (AvgIpc) is 2.56. The molecule has 30 heavy (non-hydrogen) atoms. The molecule has 0 aliphatic carbocycles. The molecule has 0 aromatic carbocycles. The Morgan fingerprint density at radius 2 is 1.20 bits per heavy atom. The van der Waals surface area contributed by atoms with Crippen LogP contribution in [0.2, 0.25) is 0 Å². The van der Waals surface area contributed by atoms with Gasteiger partial charge in [0.1, 0.15) is 18.5 Å². The van der Waals surface area contributed by atoms with Crippen LogP contribution in [-0.4, -0.2) is 67.0 Å². The molecule has 1 rings (SSSR count). The van der Waals surface area contributed by atoms with Gasteiger partial charge in [0.25, 0.3) is 0 Å². The maximum Gasteiger partial charge on any atom is 0.303 e. The quantitative estimate of drug-likeness (QED) is 0.231. The Balaban J connectivity index is 3.37. The van der Waals surface area contributed by atoms with Crippen LogP contribution >= 0.6 is 0 Å². The molecule has 11 nitrogen and oxygen atoms in total. The Morgan fingerprint density at radius 1 is 0.700 bits per heavy atom. The lowest BCUT2D eigenvalue weighted by molar-refractivity contribution is -0.299. The monoisotopic (exact) mass is 430 g/mol.